The van der Waals surface area contributed by atoms with Crippen molar-refractivity contribution in [1.82, 2.24) is 5.43 Å². The lowest BCUT2D eigenvalue weighted by Gasteiger charge is -2.19. The van der Waals surface area contributed by atoms with Crippen LogP contribution in [0, 0.1) is 12.7 Å². The Bertz CT molecular complexity index is 549. The van der Waals surface area contributed by atoms with E-state index in [1.54, 1.807) is 6.07 Å². The van der Waals surface area contributed by atoms with Crippen molar-refractivity contribution < 1.29 is 4.39 Å². The van der Waals surface area contributed by atoms with Crippen molar-refractivity contribution in [2.75, 3.05) is 0 Å². The number of hydrogen-bond acceptors (Lipinski definition) is 2. The summed E-state index contributed by atoms with van der Waals surface area (Å²) in [6, 6.07) is 13.0. The third-order valence-corrected chi connectivity index (χ3v) is 3.43. The Morgan fingerprint density at radius 2 is 1.84 bits per heavy atom. The van der Waals surface area contributed by atoms with E-state index in [2.05, 4.69) is 36.6 Å². The first kappa shape index (κ1) is 13.7. The summed E-state index contributed by atoms with van der Waals surface area (Å²) in [4.78, 5) is 0. The average molecular weight is 258 g/mol. The molecule has 3 heteroatoms. The monoisotopic (exact) mass is 258 g/mol. The van der Waals surface area contributed by atoms with E-state index in [1.807, 2.05) is 6.92 Å². The number of nitrogens with two attached hydrogens (primary N) is 1. The van der Waals surface area contributed by atoms with Crippen LogP contribution in [0.25, 0.3) is 0 Å². The van der Waals surface area contributed by atoms with Gasteiger partial charge >= 0.3 is 0 Å². The second-order valence-electron chi connectivity index (χ2n) is 4.70. The molecule has 0 aliphatic rings. The molecule has 2 aromatic carbocycles. The Hall–Kier alpha value is -1.71. The first-order valence-electron chi connectivity index (χ1n) is 6.46. The fourth-order valence-electron chi connectivity index (χ4n) is 2.27. The van der Waals surface area contributed by atoms with Crippen molar-refractivity contribution in [2.45, 2.75) is 26.3 Å². The Labute approximate surface area is 113 Å². The van der Waals surface area contributed by atoms with Gasteiger partial charge in [-0.25, -0.2) is 9.82 Å². The minimum Gasteiger partial charge on any atom is -0.271 e. The maximum atomic E-state index is 13.2. The van der Waals surface area contributed by atoms with Crippen LogP contribution in [-0.2, 0) is 6.42 Å². The van der Waals surface area contributed by atoms with Crippen LogP contribution in [-0.4, -0.2) is 0 Å². The van der Waals surface area contributed by atoms with E-state index in [0.717, 1.165) is 23.1 Å². The highest BCUT2D eigenvalue weighted by molar-refractivity contribution is 5.37. The minimum atomic E-state index is -0.224. The number of hydrazine groups is 1. The van der Waals surface area contributed by atoms with Crippen LogP contribution in [0.2, 0.25) is 0 Å². The van der Waals surface area contributed by atoms with Gasteiger partial charge in [0.25, 0.3) is 0 Å². The second kappa shape index (κ2) is 5.95. The van der Waals surface area contributed by atoms with Gasteiger partial charge in [0.05, 0.1) is 6.04 Å². The Balaban J connectivity index is 2.37. The van der Waals surface area contributed by atoms with E-state index < -0.39 is 0 Å². The molecule has 0 saturated carbocycles. The molecule has 1 atom stereocenters. The third kappa shape index (κ3) is 3.00. The molecule has 0 fully saturated rings. The van der Waals surface area contributed by atoms with Crippen molar-refractivity contribution in [1.29, 1.82) is 0 Å². The molecule has 2 aromatic rings. The SMILES string of the molecule is CCc1ccc(C(NN)c2ccc(F)cc2C)cc1. The van der Waals surface area contributed by atoms with Crippen LogP contribution in [0.15, 0.2) is 42.5 Å². The second-order valence-corrected chi connectivity index (χ2v) is 4.70. The van der Waals surface area contributed by atoms with E-state index in [9.17, 15) is 4.39 Å². The van der Waals surface area contributed by atoms with Gasteiger partial charge in [-0.1, -0.05) is 37.3 Å². The lowest BCUT2D eigenvalue weighted by Crippen LogP contribution is -2.29. The summed E-state index contributed by atoms with van der Waals surface area (Å²) in [5.74, 6) is 5.45. The van der Waals surface area contributed by atoms with Crippen LogP contribution >= 0.6 is 0 Å². The Kier molecular flexibility index (Phi) is 4.30. The molecule has 0 bridgehead atoms. The molecular weight excluding hydrogens is 239 g/mol. The van der Waals surface area contributed by atoms with Gasteiger partial charge in [-0.15, -0.1) is 0 Å². The maximum absolute atomic E-state index is 13.2. The van der Waals surface area contributed by atoms with Crippen LogP contribution in [0.3, 0.4) is 0 Å². The van der Waals surface area contributed by atoms with Crippen LogP contribution in [0.1, 0.15) is 35.2 Å². The molecule has 0 amide bonds. The number of benzene rings is 2. The Morgan fingerprint density at radius 3 is 2.37 bits per heavy atom. The summed E-state index contributed by atoms with van der Waals surface area (Å²) in [5, 5.41) is 0. The summed E-state index contributed by atoms with van der Waals surface area (Å²) in [7, 11) is 0. The number of aryl methyl sites for hydroxylation is 2. The fourth-order valence-corrected chi connectivity index (χ4v) is 2.27. The summed E-state index contributed by atoms with van der Waals surface area (Å²) in [5.41, 5.74) is 7.06. The zero-order valence-electron chi connectivity index (χ0n) is 11.3. The molecule has 0 aliphatic carbocycles. The largest absolute Gasteiger partial charge is 0.271 e. The minimum absolute atomic E-state index is 0.119. The lowest BCUT2D eigenvalue weighted by molar-refractivity contribution is 0.612. The van der Waals surface area contributed by atoms with Gasteiger partial charge in [0.15, 0.2) is 0 Å². The van der Waals surface area contributed by atoms with Crippen molar-refractivity contribution in [3.8, 4) is 0 Å². The molecule has 0 aliphatic heterocycles. The molecule has 19 heavy (non-hydrogen) atoms. The van der Waals surface area contributed by atoms with Crippen molar-refractivity contribution in [3.05, 3.63) is 70.5 Å². The van der Waals surface area contributed by atoms with Gasteiger partial charge in [-0.2, -0.15) is 0 Å². The molecule has 1 unspecified atom stereocenters. The number of hydrogen-bond donors (Lipinski definition) is 2. The van der Waals surface area contributed by atoms with Gasteiger partial charge < -0.3 is 0 Å². The first-order chi connectivity index (χ1) is 9.15. The van der Waals surface area contributed by atoms with Gasteiger partial charge in [0.2, 0.25) is 0 Å². The van der Waals surface area contributed by atoms with Gasteiger partial charge in [0.1, 0.15) is 5.82 Å². The molecule has 0 aromatic heterocycles. The predicted octanol–water partition coefficient (Wildman–Crippen LogP) is 3.25. The van der Waals surface area contributed by atoms with E-state index in [4.69, 9.17) is 5.84 Å². The standard InChI is InChI=1S/C16H19FN2/c1-3-12-4-6-13(7-5-12)16(19-18)15-9-8-14(17)10-11(15)2/h4-10,16,19H,3,18H2,1-2H3. The quantitative estimate of drug-likeness (QED) is 0.652. The third-order valence-electron chi connectivity index (χ3n) is 3.43. The summed E-state index contributed by atoms with van der Waals surface area (Å²) < 4.78 is 13.2. The number of nitrogens with one attached hydrogen (secondary N) is 1. The number of halogens is 1. The highest BCUT2D eigenvalue weighted by atomic mass is 19.1. The van der Waals surface area contributed by atoms with Crippen LogP contribution in [0.4, 0.5) is 4.39 Å². The van der Waals surface area contributed by atoms with E-state index in [0.29, 0.717) is 0 Å². The predicted molar refractivity (Wildman–Crippen MR) is 76.1 cm³/mol. The zero-order valence-corrected chi connectivity index (χ0v) is 11.3. The first-order valence-corrected chi connectivity index (χ1v) is 6.46. The number of rotatable bonds is 4. The van der Waals surface area contributed by atoms with E-state index >= 15 is 0 Å². The highest BCUT2D eigenvalue weighted by Crippen LogP contribution is 2.25. The van der Waals surface area contributed by atoms with E-state index in [-0.39, 0.29) is 11.9 Å². The molecule has 2 nitrogen and oxygen atoms in total. The molecular formula is C16H19FN2. The molecule has 100 valence electrons. The topological polar surface area (TPSA) is 38.0 Å². The highest BCUT2D eigenvalue weighted by Gasteiger charge is 2.14. The lowest BCUT2D eigenvalue weighted by atomic mass is 9.94. The van der Waals surface area contributed by atoms with Gasteiger partial charge in [-0.3, -0.25) is 5.84 Å². The molecule has 0 heterocycles. The van der Waals surface area contributed by atoms with Crippen molar-refractivity contribution in [3.63, 3.8) is 0 Å². The maximum Gasteiger partial charge on any atom is 0.123 e. The van der Waals surface area contributed by atoms with Crippen molar-refractivity contribution >= 4 is 0 Å². The molecule has 0 radical (unpaired) electrons. The molecule has 3 N–H and O–H groups in total. The normalized spacial score (nSPS) is 12.4. The van der Waals surface area contributed by atoms with Gasteiger partial charge in [-0.05, 0) is 47.7 Å². The molecule has 2 rings (SSSR count). The van der Waals surface area contributed by atoms with Crippen LogP contribution in [0.5, 0.6) is 0 Å². The molecule has 0 spiro atoms. The average Bonchev–Trinajstić information content (AvgIpc) is 2.42. The summed E-state index contributed by atoms with van der Waals surface area (Å²) >= 11 is 0. The molecule has 0 saturated heterocycles. The fraction of sp³-hybridized carbons (Fsp3) is 0.250. The smallest absolute Gasteiger partial charge is 0.123 e. The summed E-state index contributed by atoms with van der Waals surface area (Å²) in [6.45, 7) is 4.01. The van der Waals surface area contributed by atoms with Crippen molar-refractivity contribution in [2.24, 2.45) is 5.84 Å². The van der Waals surface area contributed by atoms with Gasteiger partial charge in [0, 0.05) is 0 Å². The van der Waals surface area contributed by atoms with E-state index in [1.165, 1.54) is 17.7 Å². The van der Waals surface area contributed by atoms with Crippen LogP contribution < -0.4 is 11.3 Å². The Morgan fingerprint density at radius 1 is 1.16 bits per heavy atom. The zero-order chi connectivity index (χ0) is 13.8. The summed E-state index contributed by atoms with van der Waals surface area (Å²) in [6.07, 6.45) is 1.01.